The Labute approximate surface area is 97.0 Å². The van der Waals surface area contributed by atoms with Crippen molar-refractivity contribution in [3.63, 3.8) is 0 Å². The molecule has 2 N–H and O–H groups in total. The Hall–Kier alpha value is -1.56. The lowest BCUT2D eigenvalue weighted by atomic mass is 10.2. The van der Waals surface area contributed by atoms with Crippen molar-refractivity contribution >= 4 is 34.4 Å². The number of hydrogen-bond donors (Lipinski definition) is 2. The van der Waals surface area contributed by atoms with E-state index in [1.54, 1.807) is 17.8 Å². The molecule has 2 rings (SSSR count). The maximum absolute atomic E-state index is 11.5. The third kappa shape index (κ3) is 2.52. The number of H-pyrrole nitrogens is 1. The van der Waals surface area contributed by atoms with E-state index in [-0.39, 0.29) is 5.91 Å². The highest BCUT2D eigenvalue weighted by Gasteiger charge is 2.03. The summed E-state index contributed by atoms with van der Waals surface area (Å²) in [5.41, 5.74) is 2.30. The Morgan fingerprint density at radius 1 is 1.44 bits per heavy atom. The zero-order valence-corrected chi connectivity index (χ0v) is 9.67. The molecule has 84 valence electrons. The van der Waals surface area contributed by atoms with Gasteiger partial charge in [-0.2, -0.15) is 27.2 Å². The molecule has 1 heterocycles. The maximum atomic E-state index is 11.5. The number of carbonyl (C=O) groups excluding carboxylic acids is 1. The summed E-state index contributed by atoms with van der Waals surface area (Å²) < 4.78 is 0. The van der Waals surface area contributed by atoms with Crippen LogP contribution in [0, 0.1) is 0 Å². The first kappa shape index (κ1) is 10.9. The number of aromatic nitrogens is 3. The minimum atomic E-state index is 0.0252. The minimum absolute atomic E-state index is 0.0252. The molecule has 0 fully saturated rings. The molecule has 1 aromatic heterocycles. The molecule has 6 heteroatoms. The van der Waals surface area contributed by atoms with Crippen LogP contribution < -0.4 is 5.32 Å². The number of benzene rings is 1. The van der Waals surface area contributed by atoms with Gasteiger partial charge in [-0.1, -0.05) is 0 Å². The van der Waals surface area contributed by atoms with E-state index in [0.29, 0.717) is 6.42 Å². The Morgan fingerprint density at radius 2 is 2.25 bits per heavy atom. The van der Waals surface area contributed by atoms with Gasteiger partial charge in [0.2, 0.25) is 5.91 Å². The van der Waals surface area contributed by atoms with E-state index in [0.717, 1.165) is 22.5 Å². The van der Waals surface area contributed by atoms with Crippen LogP contribution in [0.2, 0.25) is 0 Å². The number of nitrogens with zero attached hydrogens (tertiary/aromatic N) is 2. The number of thioether (sulfide) groups is 1. The van der Waals surface area contributed by atoms with Crippen LogP contribution in [0.5, 0.6) is 0 Å². The molecule has 16 heavy (non-hydrogen) atoms. The predicted molar refractivity (Wildman–Crippen MR) is 65.5 cm³/mol. The van der Waals surface area contributed by atoms with Crippen LogP contribution in [-0.4, -0.2) is 33.3 Å². The van der Waals surface area contributed by atoms with Crippen LogP contribution in [0.1, 0.15) is 6.42 Å². The molecule has 0 radical (unpaired) electrons. The first-order valence-electron chi connectivity index (χ1n) is 4.89. The third-order valence-electron chi connectivity index (χ3n) is 2.13. The van der Waals surface area contributed by atoms with E-state index in [4.69, 9.17) is 0 Å². The Balaban J connectivity index is 2.06. The zero-order chi connectivity index (χ0) is 11.4. The molecule has 0 spiro atoms. The molecule has 0 saturated heterocycles. The zero-order valence-electron chi connectivity index (χ0n) is 8.86. The predicted octanol–water partition coefficient (Wildman–Crippen LogP) is 1.65. The fourth-order valence-electron chi connectivity index (χ4n) is 1.34. The Kier molecular flexibility index (Phi) is 3.40. The molecular formula is C10H12N4OS. The molecule has 1 aromatic carbocycles. The number of fused-ring (bicyclic) bond motifs is 1. The smallest absolute Gasteiger partial charge is 0.225 e. The summed E-state index contributed by atoms with van der Waals surface area (Å²) >= 11 is 1.66. The van der Waals surface area contributed by atoms with Crippen LogP contribution in [0.15, 0.2) is 18.2 Å². The number of rotatable bonds is 4. The molecule has 0 bridgehead atoms. The van der Waals surface area contributed by atoms with Gasteiger partial charge in [0.25, 0.3) is 0 Å². The fourth-order valence-corrected chi connectivity index (χ4v) is 1.73. The highest BCUT2D eigenvalue weighted by atomic mass is 32.2. The summed E-state index contributed by atoms with van der Waals surface area (Å²) in [5, 5.41) is 13.3. The Morgan fingerprint density at radius 3 is 3.06 bits per heavy atom. The highest BCUT2D eigenvalue weighted by molar-refractivity contribution is 7.98. The van der Waals surface area contributed by atoms with Gasteiger partial charge in [0.05, 0.1) is 0 Å². The Bertz CT molecular complexity index is 496. The topological polar surface area (TPSA) is 70.7 Å². The SMILES string of the molecule is CSCCC(=O)Nc1ccc2n[nH]nc2c1. The number of nitrogens with one attached hydrogen (secondary N) is 2. The van der Waals surface area contributed by atoms with Crippen molar-refractivity contribution in [2.24, 2.45) is 0 Å². The van der Waals surface area contributed by atoms with E-state index < -0.39 is 0 Å². The molecule has 0 aliphatic rings. The van der Waals surface area contributed by atoms with Crippen molar-refractivity contribution in [1.82, 2.24) is 15.4 Å². The molecule has 2 aromatic rings. The second kappa shape index (κ2) is 4.98. The van der Waals surface area contributed by atoms with Crippen molar-refractivity contribution in [3.05, 3.63) is 18.2 Å². The fraction of sp³-hybridized carbons (Fsp3) is 0.300. The molecular weight excluding hydrogens is 224 g/mol. The van der Waals surface area contributed by atoms with Gasteiger partial charge in [0, 0.05) is 17.9 Å². The van der Waals surface area contributed by atoms with Gasteiger partial charge in [0.1, 0.15) is 11.0 Å². The first-order valence-corrected chi connectivity index (χ1v) is 6.28. The van der Waals surface area contributed by atoms with Crippen molar-refractivity contribution < 1.29 is 4.79 Å². The highest BCUT2D eigenvalue weighted by Crippen LogP contribution is 2.15. The van der Waals surface area contributed by atoms with E-state index in [2.05, 4.69) is 20.7 Å². The van der Waals surface area contributed by atoms with E-state index in [9.17, 15) is 4.79 Å². The number of amides is 1. The second-order valence-electron chi connectivity index (χ2n) is 3.32. The number of aromatic amines is 1. The summed E-state index contributed by atoms with van der Waals surface area (Å²) in [5.74, 6) is 0.857. The quantitative estimate of drug-likeness (QED) is 0.846. The number of carbonyl (C=O) groups is 1. The molecule has 0 unspecified atom stereocenters. The third-order valence-corrected chi connectivity index (χ3v) is 2.75. The molecule has 0 aliphatic heterocycles. The molecule has 0 atom stereocenters. The summed E-state index contributed by atoms with van der Waals surface area (Å²) in [6, 6.07) is 5.45. The van der Waals surface area contributed by atoms with Gasteiger partial charge < -0.3 is 5.32 Å². The summed E-state index contributed by atoms with van der Waals surface area (Å²) in [4.78, 5) is 11.5. The van der Waals surface area contributed by atoms with Crippen molar-refractivity contribution in [1.29, 1.82) is 0 Å². The van der Waals surface area contributed by atoms with Gasteiger partial charge in [-0.05, 0) is 24.5 Å². The molecule has 1 amide bonds. The minimum Gasteiger partial charge on any atom is -0.326 e. The number of anilines is 1. The average Bonchev–Trinajstić information content (AvgIpc) is 2.73. The van der Waals surface area contributed by atoms with Crippen LogP contribution in [0.3, 0.4) is 0 Å². The van der Waals surface area contributed by atoms with Crippen molar-refractivity contribution in [2.75, 3.05) is 17.3 Å². The van der Waals surface area contributed by atoms with Gasteiger partial charge in [-0.15, -0.1) is 0 Å². The lowest BCUT2D eigenvalue weighted by molar-refractivity contribution is -0.115. The van der Waals surface area contributed by atoms with Crippen LogP contribution in [-0.2, 0) is 4.79 Å². The first-order chi connectivity index (χ1) is 7.79. The normalized spacial score (nSPS) is 10.6. The van der Waals surface area contributed by atoms with Gasteiger partial charge in [-0.25, -0.2) is 0 Å². The summed E-state index contributed by atoms with van der Waals surface area (Å²) in [6.07, 6.45) is 2.51. The van der Waals surface area contributed by atoms with Gasteiger partial charge >= 0.3 is 0 Å². The largest absolute Gasteiger partial charge is 0.326 e. The van der Waals surface area contributed by atoms with Crippen LogP contribution in [0.25, 0.3) is 11.0 Å². The van der Waals surface area contributed by atoms with Gasteiger partial charge in [-0.3, -0.25) is 4.79 Å². The van der Waals surface area contributed by atoms with E-state index >= 15 is 0 Å². The number of hydrogen-bond acceptors (Lipinski definition) is 4. The van der Waals surface area contributed by atoms with Crippen LogP contribution >= 0.6 is 11.8 Å². The monoisotopic (exact) mass is 236 g/mol. The lowest BCUT2D eigenvalue weighted by Crippen LogP contribution is -2.11. The summed E-state index contributed by atoms with van der Waals surface area (Å²) in [6.45, 7) is 0. The van der Waals surface area contributed by atoms with Crippen molar-refractivity contribution in [3.8, 4) is 0 Å². The molecule has 5 nitrogen and oxygen atoms in total. The van der Waals surface area contributed by atoms with E-state index in [1.165, 1.54) is 0 Å². The second-order valence-corrected chi connectivity index (χ2v) is 4.30. The molecule has 0 aliphatic carbocycles. The van der Waals surface area contributed by atoms with E-state index in [1.807, 2.05) is 18.4 Å². The lowest BCUT2D eigenvalue weighted by Gasteiger charge is -2.03. The average molecular weight is 236 g/mol. The van der Waals surface area contributed by atoms with Crippen LogP contribution in [0.4, 0.5) is 5.69 Å². The molecule has 0 saturated carbocycles. The van der Waals surface area contributed by atoms with Gasteiger partial charge in [0.15, 0.2) is 0 Å². The summed E-state index contributed by atoms with van der Waals surface area (Å²) in [7, 11) is 0. The maximum Gasteiger partial charge on any atom is 0.225 e. The standard InChI is InChI=1S/C10H12N4OS/c1-16-5-4-10(15)11-7-2-3-8-9(6-7)13-14-12-8/h2-3,6H,4-5H2,1H3,(H,11,15)(H,12,13,14). The van der Waals surface area contributed by atoms with Crippen molar-refractivity contribution in [2.45, 2.75) is 6.42 Å².